The Morgan fingerprint density at radius 1 is 1.17 bits per heavy atom. The third kappa shape index (κ3) is 2.67. The molecule has 3 aromatic rings. The average molecular weight is 321 g/mol. The molecule has 0 unspecified atom stereocenters. The second-order valence-corrected chi connectivity index (χ2v) is 6.23. The van der Waals surface area contributed by atoms with Gasteiger partial charge in [0, 0.05) is 37.6 Å². The maximum Gasteiger partial charge on any atom is 0.255 e. The standard InChI is InChI=1S/C19H19N3O2/c23-17-13-22(10-8-16(17)14-4-2-1-3-5-14)19(24)15-6-7-18-20-9-11-21(18)12-15/h1-7,9,11-12,16-17,23H,8,10,13H2/t16-,17+/m0/s1. The summed E-state index contributed by atoms with van der Waals surface area (Å²) in [5, 5.41) is 10.5. The molecule has 2 aromatic heterocycles. The number of hydrogen-bond acceptors (Lipinski definition) is 3. The van der Waals surface area contributed by atoms with Crippen molar-refractivity contribution in [1.29, 1.82) is 0 Å². The molecule has 5 nitrogen and oxygen atoms in total. The van der Waals surface area contributed by atoms with Gasteiger partial charge in [0.1, 0.15) is 5.65 Å². The van der Waals surface area contributed by atoms with Gasteiger partial charge in [0.25, 0.3) is 5.91 Å². The summed E-state index contributed by atoms with van der Waals surface area (Å²) < 4.78 is 1.83. The number of fused-ring (bicyclic) bond motifs is 1. The summed E-state index contributed by atoms with van der Waals surface area (Å²) in [6.45, 7) is 1.01. The van der Waals surface area contributed by atoms with E-state index in [9.17, 15) is 9.90 Å². The molecule has 0 aliphatic carbocycles. The number of aliphatic hydroxyl groups is 1. The Labute approximate surface area is 140 Å². The number of nitrogens with zero attached hydrogens (tertiary/aromatic N) is 3. The molecule has 0 saturated carbocycles. The Morgan fingerprint density at radius 2 is 2.00 bits per heavy atom. The molecule has 122 valence electrons. The van der Waals surface area contributed by atoms with Crippen molar-refractivity contribution in [2.45, 2.75) is 18.4 Å². The van der Waals surface area contributed by atoms with Crippen LogP contribution >= 0.6 is 0 Å². The quantitative estimate of drug-likeness (QED) is 0.788. The van der Waals surface area contributed by atoms with Gasteiger partial charge in [-0.25, -0.2) is 4.98 Å². The molecule has 5 heteroatoms. The van der Waals surface area contributed by atoms with Crippen LogP contribution in [0.4, 0.5) is 0 Å². The van der Waals surface area contributed by atoms with Crippen LogP contribution in [0.25, 0.3) is 5.65 Å². The van der Waals surface area contributed by atoms with E-state index in [1.807, 2.05) is 47.0 Å². The Bertz CT molecular complexity index is 859. The lowest BCUT2D eigenvalue weighted by Crippen LogP contribution is -2.45. The second kappa shape index (κ2) is 6.09. The number of piperidine rings is 1. The number of amides is 1. The Morgan fingerprint density at radius 3 is 2.79 bits per heavy atom. The first kappa shape index (κ1) is 14.9. The molecule has 1 fully saturated rings. The zero-order chi connectivity index (χ0) is 16.5. The number of aliphatic hydroxyl groups excluding tert-OH is 1. The summed E-state index contributed by atoms with van der Waals surface area (Å²) in [5.74, 6) is 0.0440. The largest absolute Gasteiger partial charge is 0.391 e. The van der Waals surface area contributed by atoms with Gasteiger partial charge < -0.3 is 14.4 Å². The predicted molar refractivity (Wildman–Crippen MR) is 90.9 cm³/mol. The van der Waals surface area contributed by atoms with E-state index in [2.05, 4.69) is 4.98 Å². The molecule has 0 radical (unpaired) electrons. The number of β-amino-alcohol motifs (C(OH)–C–C–N with tert-alkyl or cyclic N) is 1. The lowest BCUT2D eigenvalue weighted by Gasteiger charge is -2.36. The van der Waals surface area contributed by atoms with Gasteiger partial charge in [0.05, 0.1) is 11.7 Å². The second-order valence-electron chi connectivity index (χ2n) is 6.23. The van der Waals surface area contributed by atoms with E-state index >= 15 is 0 Å². The molecule has 0 spiro atoms. The molecular formula is C19H19N3O2. The van der Waals surface area contributed by atoms with Crippen LogP contribution < -0.4 is 0 Å². The van der Waals surface area contributed by atoms with Crippen LogP contribution in [0.15, 0.2) is 61.1 Å². The van der Waals surface area contributed by atoms with Gasteiger partial charge in [-0.15, -0.1) is 0 Å². The summed E-state index contributed by atoms with van der Waals surface area (Å²) >= 11 is 0. The van der Waals surface area contributed by atoms with E-state index in [0.29, 0.717) is 18.7 Å². The molecule has 1 aliphatic rings. The lowest BCUT2D eigenvalue weighted by molar-refractivity contribution is 0.0381. The Balaban J connectivity index is 1.50. The van der Waals surface area contributed by atoms with E-state index in [-0.39, 0.29) is 11.8 Å². The highest BCUT2D eigenvalue weighted by atomic mass is 16.3. The van der Waals surface area contributed by atoms with Crippen molar-refractivity contribution in [3.63, 3.8) is 0 Å². The maximum atomic E-state index is 12.7. The number of benzene rings is 1. The molecular weight excluding hydrogens is 302 g/mol. The van der Waals surface area contributed by atoms with Crippen molar-refractivity contribution in [2.75, 3.05) is 13.1 Å². The number of rotatable bonds is 2. The molecule has 1 N–H and O–H groups in total. The molecule has 1 aromatic carbocycles. The van der Waals surface area contributed by atoms with Crippen LogP contribution in [0.5, 0.6) is 0 Å². The first-order valence-corrected chi connectivity index (χ1v) is 8.17. The fourth-order valence-electron chi connectivity index (χ4n) is 3.43. The molecule has 0 bridgehead atoms. The fraction of sp³-hybridized carbons (Fsp3) is 0.263. The minimum Gasteiger partial charge on any atom is -0.391 e. The number of pyridine rings is 1. The van der Waals surface area contributed by atoms with E-state index in [1.165, 1.54) is 0 Å². The molecule has 24 heavy (non-hydrogen) atoms. The zero-order valence-corrected chi connectivity index (χ0v) is 13.2. The molecule has 1 amide bonds. The topological polar surface area (TPSA) is 57.8 Å². The number of hydrogen-bond donors (Lipinski definition) is 1. The highest BCUT2D eigenvalue weighted by molar-refractivity contribution is 5.94. The van der Waals surface area contributed by atoms with Crippen LogP contribution in [-0.2, 0) is 0 Å². The van der Waals surface area contributed by atoms with Crippen LogP contribution in [0, 0.1) is 0 Å². The number of carbonyl (C=O) groups excluding carboxylic acids is 1. The summed E-state index contributed by atoms with van der Waals surface area (Å²) in [4.78, 5) is 18.7. The van der Waals surface area contributed by atoms with E-state index in [1.54, 1.807) is 23.4 Å². The summed E-state index contributed by atoms with van der Waals surface area (Å²) in [7, 11) is 0. The van der Waals surface area contributed by atoms with Gasteiger partial charge in [-0.2, -0.15) is 0 Å². The zero-order valence-electron chi connectivity index (χ0n) is 13.2. The van der Waals surface area contributed by atoms with Gasteiger partial charge in [-0.1, -0.05) is 30.3 Å². The first-order chi connectivity index (χ1) is 11.7. The summed E-state index contributed by atoms with van der Waals surface area (Å²) in [6, 6.07) is 13.7. The molecule has 1 saturated heterocycles. The first-order valence-electron chi connectivity index (χ1n) is 8.17. The lowest BCUT2D eigenvalue weighted by atomic mass is 9.87. The summed E-state index contributed by atoms with van der Waals surface area (Å²) in [5.41, 5.74) is 2.57. The molecule has 4 rings (SSSR count). The average Bonchev–Trinajstić information content (AvgIpc) is 3.09. The Hall–Kier alpha value is -2.66. The van der Waals surface area contributed by atoms with Crippen LogP contribution in [-0.4, -0.2) is 44.5 Å². The highest BCUT2D eigenvalue weighted by Crippen LogP contribution is 2.29. The van der Waals surface area contributed by atoms with Gasteiger partial charge in [0.2, 0.25) is 0 Å². The van der Waals surface area contributed by atoms with Crippen molar-refractivity contribution < 1.29 is 9.90 Å². The van der Waals surface area contributed by atoms with Crippen molar-refractivity contribution in [1.82, 2.24) is 14.3 Å². The highest BCUT2D eigenvalue weighted by Gasteiger charge is 2.31. The van der Waals surface area contributed by atoms with Crippen molar-refractivity contribution in [3.8, 4) is 0 Å². The number of aromatic nitrogens is 2. The van der Waals surface area contributed by atoms with E-state index in [4.69, 9.17) is 0 Å². The Kier molecular flexibility index (Phi) is 3.78. The SMILES string of the molecule is O=C(c1ccc2nccn2c1)N1CC[C@@H](c2ccccc2)[C@H](O)C1. The smallest absolute Gasteiger partial charge is 0.255 e. The number of likely N-dealkylation sites (tertiary alicyclic amines) is 1. The minimum atomic E-state index is -0.540. The van der Waals surface area contributed by atoms with E-state index < -0.39 is 6.10 Å². The third-order valence-corrected chi connectivity index (χ3v) is 4.73. The summed E-state index contributed by atoms with van der Waals surface area (Å²) in [6.07, 6.45) is 5.55. The van der Waals surface area contributed by atoms with Gasteiger partial charge >= 0.3 is 0 Å². The van der Waals surface area contributed by atoms with Gasteiger partial charge in [0.15, 0.2) is 0 Å². The normalized spacial score (nSPS) is 21.1. The van der Waals surface area contributed by atoms with Crippen molar-refractivity contribution in [2.24, 2.45) is 0 Å². The van der Waals surface area contributed by atoms with Gasteiger partial charge in [-0.3, -0.25) is 4.79 Å². The number of carbonyl (C=O) groups is 1. The predicted octanol–water partition coefficient (Wildman–Crippen LogP) is 2.32. The van der Waals surface area contributed by atoms with Crippen molar-refractivity contribution in [3.05, 3.63) is 72.2 Å². The van der Waals surface area contributed by atoms with Crippen LogP contribution in [0.2, 0.25) is 0 Å². The van der Waals surface area contributed by atoms with Crippen LogP contribution in [0.3, 0.4) is 0 Å². The molecule has 3 heterocycles. The molecule has 2 atom stereocenters. The fourth-order valence-corrected chi connectivity index (χ4v) is 3.43. The molecule has 1 aliphatic heterocycles. The van der Waals surface area contributed by atoms with Crippen LogP contribution in [0.1, 0.15) is 28.3 Å². The van der Waals surface area contributed by atoms with Gasteiger partial charge in [-0.05, 0) is 24.1 Å². The maximum absolute atomic E-state index is 12.7. The number of imidazole rings is 1. The monoisotopic (exact) mass is 321 g/mol. The van der Waals surface area contributed by atoms with Crippen molar-refractivity contribution >= 4 is 11.6 Å². The minimum absolute atomic E-state index is 0.0452. The van der Waals surface area contributed by atoms with E-state index in [0.717, 1.165) is 17.6 Å². The third-order valence-electron chi connectivity index (χ3n) is 4.73.